The van der Waals surface area contributed by atoms with E-state index in [4.69, 9.17) is 18.9 Å². The maximum atomic E-state index is 12.4. The Balaban J connectivity index is 0.955. The SMILES string of the molecule is O=C1OCC(Cc2ccccc2)N1CCC1CCN(CC2COc3ccc(Oc4ccccc4)cc3O2)CC1. The van der Waals surface area contributed by atoms with E-state index in [9.17, 15) is 4.79 Å². The van der Waals surface area contributed by atoms with Crippen LogP contribution in [0.2, 0.25) is 0 Å². The molecule has 1 amide bonds. The minimum absolute atomic E-state index is 0.0147. The molecule has 7 heteroatoms. The van der Waals surface area contributed by atoms with E-state index in [2.05, 4.69) is 17.0 Å². The topological polar surface area (TPSA) is 60.5 Å². The number of benzene rings is 3. The number of carbonyl (C=O) groups is 1. The number of fused-ring (bicyclic) bond motifs is 1. The van der Waals surface area contributed by atoms with Gasteiger partial charge in [0.15, 0.2) is 11.5 Å². The zero-order valence-electron chi connectivity index (χ0n) is 22.2. The van der Waals surface area contributed by atoms with Gasteiger partial charge in [-0.1, -0.05) is 48.5 Å². The Hall–Kier alpha value is -3.71. The van der Waals surface area contributed by atoms with Crippen molar-refractivity contribution in [2.75, 3.05) is 39.4 Å². The van der Waals surface area contributed by atoms with Crippen molar-refractivity contribution in [2.24, 2.45) is 5.92 Å². The number of ether oxygens (including phenoxy) is 4. The first-order valence-corrected chi connectivity index (χ1v) is 14.1. The molecule has 0 aromatic heterocycles. The largest absolute Gasteiger partial charge is 0.486 e. The first kappa shape index (κ1) is 25.6. The van der Waals surface area contributed by atoms with Gasteiger partial charge in [-0.2, -0.15) is 0 Å². The van der Waals surface area contributed by atoms with Crippen LogP contribution in [0.3, 0.4) is 0 Å². The Kier molecular flexibility index (Phi) is 7.86. The molecular weight excluding hydrogens is 492 g/mol. The summed E-state index contributed by atoms with van der Waals surface area (Å²) in [6, 6.07) is 26.0. The van der Waals surface area contributed by atoms with Gasteiger partial charge in [-0.15, -0.1) is 0 Å². The number of carbonyl (C=O) groups excluding carboxylic acids is 1. The van der Waals surface area contributed by atoms with Gasteiger partial charge in [0, 0.05) is 19.2 Å². The normalized spacial score (nSPS) is 21.5. The summed E-state index contributed by atoms with van der Waals surface area (Å²) >= 11 is 0. The number of rotatable bonds is 9. The van der Waals surface area contributed by atoms with Crippen LogP contribution in [0.15, 0.2) is 78.9 Å². The summed E-state index contributed by atoms with van der Waals surface area (Å²) in [4.78, 5) is 16.8. The molecule has 204 valence electrons. The Bertz CT molecular complexity index is 1230. The van der Waals surface area contributed by atoms with Gasteiger partial charge in [-0.05, 0) is 74.5 Å². The summed E-state index contributed by atoms with van der Waals surface area (Å²) in [5.74, 6) is 3.64. The minimum Gasteiger partial charge on any atom is -0.486 e. The van der Waals surface area contributed by atoms with E-state index in [-0.39, 0.29) is 18.2 Å². The van der Waals surface area contributed by atoms with Gasteiger partial charge in [0.25, 0.3) is 0 Å². The van der Waals surface area contributed by atoms with E-state index in [1.165, 1.54) is 5.56 Å². The quantitative estimate of drug-likeness (QED) is 0.351. The molecule has 2 atom stereocenters. The van der Waals surface area contributed by atoms with Crippen LogP contribution in [0.4, 0.5) is 4.79 Å². The molecule has 6 rings (SSSR count). The fourth-order valence-corrected chi connectivity index (χ4v) is 5.76. The second-order valence-corrected chi connectivity index (χ2v) is 10.7. The Morgan fingerprint density at radius 2 is 1.59 bits per heavy atom. The Labute approximate surface area is 230 Å². The van der Waals surface area contributed by atoms with E-state index < -0.39 is 0 Å². The number of piperidine rings is 1. The third kappa shape index (κ3) is 6.48. The standard InChI is InChI=1S/C32H36N2O5/c35-32-34(26(22-37-32)19-25-7-3-1-4-8-25)18-15-24-13-16-33(17-14-24)21-29-23-36-30-12-11-28(20-31(30)39-29)38-27-9-5-2-6-10-27/h1-12,20,24,26,29H,13-19,21-23H2. The van der Waals surface area contributed by atoms with Crippen LogP contribution in [0.5, 0.6) is 23.0 Å². The van der Waals surface area contributed by atoms with Crippen LogP contribution in [0.25, 0.3) is 0 Å². The molecule has 0 N–H and O–H groups in total. The Morgan fingerprint density at radius 3 is 2.38 bits per heavy atom. The minimum atomic E-state index is -0.166. The highest BCUT2D eigenvalue weighted by molar-refractivity contribution is 5.70. The van der Waals surface area contributed by atoms with E-state index in [1.54, 1.807) is 0 Å². The molecule has 3 aliphatic rings. The van der Waals surface area contributed by atoms with Crippen LogP contribution in [-0.2, 0) is 11.2 Å². The number of hydrogen-bond donors (Lipinski definition) is 0. The Morgan fingerprint density at radius 1 is 0.821 bits per heavy atom. The summed E-state index contributed by atoms with van der Waals surface area (Å²) in [6.45, 7) is 4.71. The summed E-state index contributed by atoms with van der Waals surface area (Å²) in [5, 5.41) is 0. The van der Waals surface area contributed by atoms with E-state index in [0.717, 1.165) is 74.9 Å². The first-order chi connectivity index (χ1) is 19.2. The van der Waals surface area contributed by atoms with Gasteiger partial charge in [0.05, 0.1) is 6.04 Å². The van der Waals surface area contributed by atoms with Crippen molar-refractivity contribution in [3.8, 4) is 23.0 Å². The van der Waals surface area contributed by atoms with Crippen molar-refractivity contribution in [3.05, 3.63) is 84.4 Å². The highest BCUT2D eigenvalue weighted by Crippen LogP contribution is 2.37. The molecule has 3 aliphatic heterocycles. The monoisotopic (exact) mass is 528 g/mol. The summed E-state index contributed by atoms with van der Waals surface area (Å²) in [6.07, 6.45) is 3.95. The molecule has 2 fully saturated rings. The predicted octanol–water partition coefficient (Wildman–Crippen LogP) is 5.78. The zero-order chi connectivity index (χ0) is 26.4. The van der Waals surface area contributed by atoms with Crippen molar-refractivity contribution < 1.29 is 23.7 Å². The van der Waals surface area contributed by atoms with Crippen LogP contribution in [0.1, 0.15) is 24.8 Å². The van der Waals surface area contributed by atoms with Gasteiger partial charge >= 0.3 is 6.09 Å². The zero-order valence-corrected chi connectivity index (χ0v) is 22.2. The predicted molar refractivity (Wildman–Crippen MR) is 149 cm³/mol. The molecule has 39 heavy (non-hydrogen) atoms. The lowest BCUT2D eigenvalue weighted by atomic mass is 9.93. The molecule has 0 spiro atoms. The van der Waals surface area contributed by atoms with Gasteiger partial charge in [-0.3, -0.25) is 4.90 Å². The smallest absolute Gasteiger partial charge is 0.410 e. The molecule has 0 aliphatic carbocycles. The van der Waals surface area contributed by atoms with Crippen molar-refractivity contribution in [3.63, 3.8) is 0 Å². The highest BCUT2D eigenvalue weighted by atomic mass is 16.6. The number of cyclic esters (lactones) is 1. The average Bonchev–Trinajstić information content (AvgIpc) is 3.32. The third-order valence-electron chi connectivity index (χ3n) is 7.95. The lowest BCUT2D eigenvalue weighted by Crippen LogP contribution is -2.44. The number of amides is 1. The summed E-state index contributed by atoms with van der Waals surface area (Å²) in [5.41, 5.74) is 1.25. The molecule has 3 heterocycles. The van der Waals surface area contributed by atoms with Gasteiger partial charge < -0.3 is 23.8 Å². The summed E-state index contributed by atoms with van der Waals surface area (Å²) in [7, 11) is 0. The molecular formula is C32H36N2O5. The van der Waals surface area contributed by atoms with Crippen molar-refractivity contribution >= 4 is 6.09 Å². The lowest BCUT2D eigenvalue weighted by molar-refractivity contribution is 0.0464. The van der Waals surface area contributed by atoms with Crippen LogP contribution in [-0.4, -0.2) is 67.4 Å². The van der Waals surface area contributed by atoms with Crippen LogP contribution >= 0.6 is 0 Å². The first-order valence-electron chi connectivity index (χ1n) is 14.1. The van der Waals surface area contributed by atoms with Gasteiger partial charge in [-0.25, -0.2) is 4.79 Å². The van der Waals surface area contributed by atoms with Crippen molar-refractivity contribution in [1.82, 2.24) is 9.80 Å². The molecule has 7 nitrogen and oxygen atoms in total. The summed E-state index contributed by atoms with van der Waals surface area (Å²) < 4.78 is 23.7. The maximum absolute atomic E-state index is 12.4. The highest BCUT2D eigenvalue weighted by Gasteiger charge is 2.34. The van der Waals surface area contributed by atoms with E-state index >= 15 is 0 Å². The fourth-order valence-electron chi connectivity index (χ4n) is 5.76. The lowest BCUT2D eigenvalue weighted by Gasteiger charge is -2.36. The van der Waals surface area contributed by atoms with Crippen LogP contribution < -0.4 is 14.2 Å². The number of hydrogen-bond acceptors (Lipinski definition) is 6. The van der Waals surface area contributed by atoms with Gasteiger partial charge in [0.2, 0.25) is 0 Å². The number of likely N-dealkylation sites (tertiary alicyclic amines) is 1. The average molecular weight is 529 g/mol. The number of nitrogens with zero attached hydrogens (tertiary/aromatic N) is 2. The van der Waals surface area contributed by atoms with Crippen molar-refractivity contribution in [2.45, 2.75) is 37.8 Å². The number of para-hydroxylation sites is 1. The molecule has 2 unspecified atom stereocenters. The van der Waals surface area contributed by atoms with E-state index in [0.29, 0.717) is 19.1 Å². The second-order valence-electron chi connectivity index (χ2n) is 10.7. The molecule has 3 aromatic rings. The fraction of sp³-hybridized carbons (Fsp3) is 0.406. The van der Waals surface area contributed by atoms with Crippen LogP contribution in [0, 0.1) is 5.92 Å². The van der Waals surface area contributed by atoms with Crippen molar-refractivity contribution in [1.29, 1.82) is 0 Å². The van der Waals surface area contributed by atoms with Gasteiger partial charge in [0.1, 0.15) is 30.8 Å². The second kappa shape index (κ2) is 12.0. The molecule has 0 radical (unpaired) electrons. The molecule has 2 saturated heterocycles. The molecule has 0 saturated carbocycles. The van der Waals surface area contributed by atoms with E-state index in [1.807, 2.05) is 71.6 Å². The molecule has 3 aromatic carbocycles. The molecule has 0 bridgehead atoms. The maximum Gasteiger partial charge on any atom is 0.410 e. The third-order valence-corrected chi connectivity index (χ3v) is 7.95.